The first-order valence-electron chi connectivity index (χ1n) is 5.05. The molecule has 0 bridgehead atoms. The van der Waals surface area contributed by atoms with Crippen LogP contribution in [0.3, 0.4) is 0 Å². The molecule has 0 saturated carbocycles. The average Bonchev–Trinajstić information content (AvgIpc) is 2.61. The molecule has 0 fully saturated rings. The molecule has 0 spiro atoms. The van der Waals surface area contributed by atoms with E-state index in [1.54, 1.807) is 0 Å². The molecule has 1 N–H and O–H groups in total. The maximum atomic E-state index is 6.11. The van der Waals surface area contributed by atoms with Gasteiger partial charge in [-0.3, -0.25) is 0 Å². The Morgan fingerprint density at radius 2 is 2.00 bits per heavy atom. The Hall–Kier alpha value is -0.990. The van der Waals surface area contributed by atoms with Crippen molar-refractivity contribution in [2.24, 2.45) is 0 Å². The van der Waals surface area contributed by atoms with Crippen LogP contribution in [0.2, 0.25) is 5.02 Å². The summed E-state index contributed by atoms with van der Waals surface area (Å²) in [6.07, 6.45) is 0. The predicted molar refractivity (Wildman–Crippen MR) is 68.0 cm³/mol. The molecule has 0 aliphatic rings. The van der Waals surface area contributed by atoms with Gasteiger partial charge in [-0.25, -0.2) is 4.98 Å². The zero-order valence-electron chi connectivity index (χ0n) is 9.09. The van der Waals surface area contributed by atoms with Crippen LogP contribution < -0.4 is 0 Å². The van der Waals surface area contributed by atoms with Gasteiger partial charge in [0.1, 0.15) is 5.82 Å². The fourth-order valence-corrected chi connectivity index (χ4v) is 2.08. The summed E-state index contributed by atoms with van der Waals surface area (Å²) < 4.78 is 0. The standard InChI is InChI=1S/C12H12Cl2N2/c1-7(13)11-8(2)15-12(16-11)9-5-3-4-6-10(9)14/h3-7H,1-2H3,(H,15,16). The van der Waals surface area contributed by atoms with Crippen molar-refractivity contribution in [3.05, 3.63) is 40.7 Å². The van der Waals surface area contributed by atoms with E-state index in [1.807, 2.05) is 38.1 Å². The van der Waals surface area contributed by atoms with Crippen molar-refractivity contribution in [3.8, 4) is 11.4 Å². The lowest BCUT2D eigenvalue weighted by molar-refractivity contribution is 0.998. The molecular weight excluding hydrogens is 243 g/mol. The van der Waals surface area contributed by atoms with Gasteiger partial charge < -0.3 is 4.98 Å². The van der Waals surface area contributed by atoms with Gasteiger partial charge in [0.15, 0.2) is 0 Å². The van der Waals surface area contributed by atoms with Crippen molar-refractivity contribution in [2.75, 3.05) is 0 Å². The number of nitrogens with zero attached hydrogens (tertiary/aromatic N) is 1. The van der Waals surface area contributed by atoms with Crippen LogP contribution in [0.1, 0.15) is 23.7 Å². The van der Waals surface area contributed by atoms with Gasteiger partial charge >= 0.3 is 0 Å². The van der Waals surface area contributed by atoms with Gasteiger partial charge in [0.25, 0.3) is 0 Å². The van der Waals surface area contributed by atoms with Crippen molar-refractivity contribution >= 4 is 23.2 Å². The molecule has 2 nitrogen and oxygen atoms in total. The van der Waals surface area contributed by atoms with E-state index in [2.05, 4.69) is 9.97 Å². The molecule has 2 rings (SSSR count). The predicted octanol–water partition coefficient (Wildman–Crippen LogP) is 4.34. The fourth-order valence-electron chi connectivity index (χ4n) is 1.64. The molecule has 1 aromatic heterocycles. The zero-order chi connectivity index (χ0) is 11.7. The maximum Gasteiger partial charge on any atom is 0.139 e. The van der Waals surface area contributed by atoms with Crippen LogP contribution in [-0.2, 0) is 0 Å². The van der Waals surface area contributed by atoms with Crippen molar-refractivity contribution in [2.45, 2.75) is 19.2 Å². The third-order valence-electron chi connectivity index (χ3n) is 2.43. The van der Waals surface area contributed by atoms with E-state index in [0.29, 0.717) is 5.02 Å². The number of benzene rings is 1. The SMILES string of the molecule is Cc1[nH]c(-c2ccccc2Cl)nc1C(C)Cl. The highest BCUT2D eigenvalue weighted by Crippen LogP contribution is 2.29. The van der Waals surface area contributed by atoms with Crippen molar-refractivity contribution in [1.82, 2.24) is 9.97 Å². The van der Waals surface area contributed by atoms with Crippen LogP contribution in [0.25, 0.3) is 11.4 Å². The van der Waals surface area contributed by atoms with Gasteiger partial charge in [-0.05, 0) is 26.0 Å². The minimum absolute atomic E-state index is 0.104. The normalized spacial score (nSPS) is 12.8. The van der Waals surface area contributed by atoms with Crippen LogP contribution in [0.5, 0.6) is 0 Å². The Morgan fingerprint density at radius 3 is 2.56 bits per heavy atom. The lowest BCUT2D eigenvalue weighted by Crippen LogP contribution is -1.87. The minimum Gasteiger partial charge on any atom is -0.342 e. The monoisotopic (exact) mass is 254 g/mol. The second-order valence-electron chi connectivity index (χ2n) is 3.69. The van der Waals surface area contributed by atoms with Crippen LogP contribution in [0.4, 0.5) is 0 Å². The molecule has 0 aliphatic heterocycles. The number of alkyl halides is 1. The van der Waals surface area contributed by atoms with Crippen LogP contribution >= 0.6 is 23.2 Å². The third kappa shape index (κ3) is 2.08. The number of aryl methyl sites for hydroxylation is 1. The van der Waals surface area contributed by atoms with Crippen molar-refractivity contribution in [3.63, 3.8) is 0 Å². The Kier molecular flexibility index (Phi) is 3.22. The number of imidazole rings is 1. The third-order valence-corrected chi connectivity index (χ3v) is 2.96. The number of hydrogen-bond donors (Lipinski definition) is 1. The molecule has 0 radical (unpaired) electrons. The summed E-state index contributed by atoms with van der Waals surface area (Å²) in [4.78, 5) is 7.67. The van der Waals surface area contributed by atoms with Gasteiger partial charge in [-0.1, -0.05) is 23.7 Å². The van der Waals surface area contributed by atoms with E-state index in [9.17, 15) is 0 Å². The smallest absolute Gasteiger partial charge is 0.139 e. The van der Waals surface area contributed by atoms with E-state index in [4.69, 9.17) is 23.2 Å². The highest BCUT2D eigenvalue weighted by atomic mass is 35.5. The topological polar surface area (TPSA) is 28.7 Å². The van der Waals surface area contributed by atoms with Gasteiger partial charge in [0, 0.05) is 11.3 Å². The van der Waals surface area contributed by atoms with Gasteiger partial charge in [-0.2, -0.15) is 0 Å². The molecule has 2 aromatic rings. The van der Waals surface area contributed by atoms with E-state index in [1.165, 1.54) is 0 Å². The molecule has 0 saturated heterocycles. The Bertz CT molecular complexity index is 503. The summed E-state index contributed by atoms with van der Waals surface area (Å²) >= 11 is 12.1. The summed E-state index contributed by atoms with van der Waals surface area (Å²) in [5, 5.41) is 0.581. The van der Waals surface area contributed by atoms with Gasteiger partial charge in [-0.15, -0.1) is 11.6 Å². The Balaban J connectivity index is 2.50. The lowest BCUT2D eigenvalue weighted by atomic mass is 10.2. The van der Waals surface area contributed by atoms with E-state index in [-0.39, 0.29) is 5.38 Å². The largest absolute Gasteiger partial charge is 0.342 e. The fraction of sp³-hybridized carbons (Fsp3) is 0.250. The first-order valence-corrected chi connectivity index (χ1v) is 5.86. The first kappa shape index (κ1) is 11.5. The number of aromatic nitrogens is 2. The number of hydrogen-bond acceptors (Lipinski definition) is 1. The van der Waals surface area contributed by atoms with Crippen molar-refractivity contribution in [1.29, 1.82) is 0 Å². The van der Waals surface area contributed by atoms with Gasteiger partial charge in [0.2, 0.25) is 0 Å². The zero-order valence-corrected chi connectivity index (χ0v) is 10.6. The summed E-state index contributed by atoms with van der Waals surface area (Å²) in [7, 11) is 0. The van der Waals surface area contributed by atoms with E-state index >= 15 is 0 Å². The van der Waals surface area contributed by atoms with Crippen LogP contribution in [0.15, 0.2) is 24.3 Å². The number of halogens is 2. The Morgan fingerprint density at radius 1 is 1.31 bits per heavy atom. The molecular formula is C12H12Cl2N2. The minimum atomic E-state index is -0.104. The molecule has 1 aromatic carbocycles. The lowest BCUT2D eigenvalue weighted by Gasteiger charge is -1.99. The molecule has 1 atom stereocenters. The molecule has 1 heterocycles. The van der Waals surface area contributed by atoms with E-state index < -0.39 is 0 Å². The number of H-pyrrole nitrogens is 1. The van der Waals surface area contributed by atoms with E-state index in [0.717, 1.165) is 22.8 Å². The van der Waals surface area contributed by atoms with Crippen LogP contribution in [-0.4, -0.2) is 9.97 Å². The molecule has 0 amide bonds. The average molecular weight is 255 g/mol. The van der Waals surface area contributed by atoms with Gasteiger partial charge in [0.05, 0.1) is 16.1 Å². The number of nitrogens with one attached hydrogen (secondary N) is 1. The molecule has 16 heavy (non-hydrogen) atoms. The quantitative estimate of drug-likeness (QED) is 0.794. The maximum absolute atomic E-state index is 6.11. The second kappa shape index (κ2) is 4.48. The van der Waals surface area contributed by atoms with Crippen molar-refractivity contribution < 1.29 is 0 Å². The highest BCUT2D eigenvalue weighted by molar-refractivity contribution is 6.33. The summed E-state index contributed by atoms with van der Waals surface area (Å²) in [6.45, 7) is 3.86. The number of rotatable bonds is 2. The van der Waals surface area contributed by atoms with Crippen LogP contribution in [0, 0.1) is 6.92 Å². The summed E-state index contributed by atoms with van der Waals surface area (Å²) in [6, 6.07) is 7.61. The first-order chi connectivity index (χ1) is 7.59. The number of aromatic amines is 1. The summed E-state index contributed by atoms with van der Waals surface area (Å²) in [5.74, 6) is 0.769. The second-order valence-corrected chi connectivity index (χ2v) is 4.75. The molecule has 1 unspecified atom stereocenters. The molecule has 0 aliphatic carbocycles. The Labute approximate surface area is 105 Å². The highest BCUT2D eigenvalue weighted by Gasteiger charge is 2.13. The molecule has 4 heteroatoms. The molecule has 84 valence electrons. The summed E-state index contributed by atoms with van der Waals surface area (Å²) in [5.41, 5.74) is 2.75.